The van der Waals surface area contributed by atoms with Crippen molar-refractivity contribution in [1.82, 2.24) is 0 Å². The molecule has 2 saturated carbocycles. The first-order chi connectivity index (χ1) is 16.4. The molecule has 1 aliphatic heterocycles. The molecule has 194 valence electrons. The number of ether oxygens (including phenoxy) is 4. The van der Waals surface area contributed by atoms with Crippen molar-refractivity contribution in [1.29, 1.82) is 0 Å². The second kappa shape index (κ2) is 8.87. The minimum atomic E-state index is -5.03. The SMILES string of the molecule is C=C1CO[C@@H](OC)[C@@]12C[C@H]1C[C@H](OC(=O)[C@](OC)(c3ccccc3)C(F)(F)F)C[C@H](C)[C@@]1(C)[C@@H]2O. The molecule has 0 unspecified atom stereocenters. The minimum absolute atomic E-state index is 0.144. The quantitative estimate of drug-likeness (QED) is 0.480. The van der Waals surface area contributed by atoms with Crippen molar-refractivity contribution in [2.75, 3.05) is 20.8 Å². The zero-order chi connectivity index (χ0) is 25.8. The fourth-order valence-electron chi connectivity index (χ4n) is 6.77. The van der Waals surface area contributed by atoms with Crippen molar-refractivity contribution >= 4 is 5.97 Å². The van der Waals surface area contributed by atoms with E-state index < -0.39 is 47.1 Å². The smallest absolute Gasteiger partial charge is 0.432 e. The normalized spacial score (nSPS) is 38.9. The van der Waals surface area contributed by atoms with Gasteiger partial charge in [-0.25, -0.2) is 4.79 Å². The van der Waals surface area contributed by atoms with Crippen molar-refractivity contribution in [3.63, 3.8) is 0 Å². The number of aliphatic hydroxyl groups is 1. The summed E-state index contributed by atoms with van der Waals surface area (Å²) in [6, 6.07) is 6.79. The molecule has 1 aromatic rings. The minimum Gasteiger partial charge on any atom is -0.460 e. The van der Waals surface area contributed by atoms with Crippen LogP contribution in [0.3, 0.4) is 0 Å². The van der Waals surface area contributed by atoms with Gasteiger partial charge in [0, 0.05) is 25.2 Å². The van der Waals surface area contributed by atoms with E-state index in [9.17, 15) is 23.1 Å². The monoisotopic (exact) mass is 498 g/mol. The number of halogens is 3. The van der Waals surface area contributed by atoms with Gasteiger partial charge in [0.05, 0.1) is 18.1 Å². The highest BCUT2D eigenvalue weighted by molar-refractivity contribution is 5.82. The highest BCUT2D eigenvalue weighted by Gasteiger charge is 2.69. The number of esters is 1. The molecule has 1 spiro atoms. The van der Waals surface area contributed by atoms with E-state index in [1.807, 2.05) is 13.8 Å². The topological polar surface area (TPSA) is 74.2 Å². The highest BCUT2D eigenvalue weighted by Crippen LogP contribution is 2.66. The van der Waals surface area contributed by atoms with Crippen LogP contribution in [0.2, 0.25) is 0 Å². The largest absolute Gasteiger partial charge is 0.460 e. The van der Waals surface area contributed by atoms with E-state index in [1.165, 1.54) is 31.4 Å². The molecular formula is C26H33F3O6. The number of hydrogen-bond donors (Lipinski definition) is 1. The molecule has 6 nitrogen and oxygen atoms in total. The molecule has 1 heterocycles. The van der Waals surface area contributed by atoms with E-state index in [0.717, 1.165) is 12.7 Å². The zero-order valence-electron chi connectivity index (χ0n) is 20.4. The van der Waals surface area contributed by atoms with Crippen LogP contribution in [0.4, 0.5) is 13.2 Å². The molecule has 4 rings (SSSR count). The number of hydrogen-bond acceptors (Lipinski definition) is 6. The molecule has 8 atom stereocenters. The number of benzene rings is 1. The van der Waals surface area contributed by atoms with Gasteiger partial charge in [0.15, 0.2) is 6.29 Å². The first-order valence-corrected chi connectivity index (χ1v) is 11.8. The van der Waals surface area contributed by atoms with Crippen molar-refractivity contribution in [3.8, 4) is 0 Å². The fraction of sp³-hybridized carbons (Fsp3) is 0.654. The lowest BCUT2D eigenvalue weighted by atomic mass is 9.61. The number of aliphatic hydroxyl groups excluding tert-OH is 1. The van der Waals surface area contributed by atoms with E-state index in [1.54, 1.807) is 6.07 Å². The number of carbonyl (C=O) groups excluding carboxylic acids is 1. The van der Waals surface area contributed by atoms with E-state index in [2.05, 4.69) is 6.58 Å². The molecule has 9 heteroatoms. The third-order valence-electron chi connectivity index (χ3n) is 8.92. The van der Waals surface area contributed by atoms with E-state index in [0.29, 0.717) is 19.3 Å². The maximum atomic E-state index is 14.3. The van der Waals surface area contributed by atoms with Gasteiger partial charge in [-0.3, -0.25) is 0 Å². The van der Waals surface area contributed by atoms with Gasteiger partial charge in [-0.05, 0) is 36.7 Å². The Morgan fingerprint density at radius 3 is 2.43 bits per heavy atom. The lowest BCUT2D eigenvalue weighted by Crippen LogP contribution is -2.54. The molecule has 1 aromatic carbocycles. The Kier molecular flexibility index (Phi) is 6.62. The summed E-state index contributed by atoms with van der Waals surface area (Å²) in [6.45, 7) is 8.31. The average molecular weight is 499 g/mol. The summed E-state index contributed by atoms with van der Waals surface area (Å²) in [4.78, 5) is 13.2. The predicted molar refractivity (Wildman–Crippen MR) is 120 cm³/mol. The van der Waals surface area contributed by atoms with Gasteiger partial charge in [0.2, 0.25) is 0 Å². The number of fused-ring (bicyclic) bond motifs is 1. The van der Waals surface area contributed by atoms with E-state index >= 15 is 0 Å². The summed E-state index contributed by atoms with van der Waals surface area (Å²) in [5.41, 5.74) is -4.21. The van der Waals surface area contributed by atoms with Gasteiger partial charge in [-0.2, -0.15) is 13.2 Å². The third-order valence-corrected chi connectivity index (χ3v) is 8.92. The molecule has 3 fully saturated rings. The standard InChI is InChI=1S/C26H33F3O6/c1-15-11-19(35-21(31)25(33-5,26(27,28)29)17-9-7-6-8-10-17)12-18-13-24(20(30)23(15,18)3)16(2)14-34-22(24)32-4/h6-10,15,18-20,22,30H,2,11-14H2,1,3-5H3/t15-,18+,19+,20-,22+,23+,24-,25+/m0/s1. The van der Waals surface area contributed by atoms with Gasteiger partial charge in [0.1, 0.15) is 6.10 Å². The summed E-state index contributed by atoms with van der Waals surface area (Å²) in [6.07, 6.45) is -6.18. The summed E-state index contributed by atoms with van der Waals surface area (Å²) in [5.74, 6) is -1.79. The van der Waals surface area contributed by atoms with Crippen LogP contribution in [0.1, 0.15) is 38.7 Å². The number of carbonyl (C=O) groups is 1. The highest BCUT2D eigenvalue weighted by atomic mass is 19.4. The maximum Gasteiger partial charge on any atom is 0.432 e. The Balaban J connectivity index is 1.62. The van der Waals surface area contributed by atoms with E-state index in [-0.39, 0.29) is 24.0 Å². The van der Waals surface area contributed by atoms with Crippen molar-refractivity contribution < 1.29 is 42.0 Å². The molecule has 0 radical (unpaired) electrons. The van der Waals surface area contributed by atoms with Crippen LogP contribution in [0, 0.1) is 22.7 Å². The van der Waals surface area contributed by atoms with Crippen LogP contribution >= 0.6 is 0 Å². The fourth-order valence-corrected chi connectivity index (χ4v) is 6.77. The third kappa shape index (κ3) is 3.57. The van der Waals surface area contributed by atoms with E-state index in [4.69, 9.17) is 18.9 Å². The Bertz CT molecular complexity index is 968. The lowest BCUT2D eigenvalue weighted by molar-refractivity contribution is -0.279. The molecule has 1 N–H and O–H groups in total. The number of methoxy groups -OCH3 is 2. The van der Waals surface area contributed by atoms with Crippen LogP contribution < -0.4 is 0 Å². The maximum absolute atomic E-state index is 14.3. The number of alkyl halides is 3. The van der Waals surface area contributed by atoms with Gasteiger partial charge in [-0.1, -0.05) is 50.8 Å². The zero-order valence-corrected chi connectivity index (χ0v) is 20.4. The van der Waals surface area contributed by atoms with Crippen molar-refractivity contribution in [3.05, 3.63) is 48.0 Å². The number of rotatable bonds is 5. The second-order valence-electron chi connectivity index (χ2n) is 10.3. The molecule has 0 aromatic heterocycles. The van der Waals surface area contributed by atoms with Crippen molar-refractivity contribution in [2.45, 2.75) is 63.4 Å². The van der Waals surface area contributed by atoms with Gasteiger partial charge in [-0.15, -0.1) is 0 Å². The van der Waals surface area contributed by atoms with Gasteiger partial charge >= 0.3 is 12.1 Å². The van der Waals surface area contributed by atoms with Crippen LogP contribution in [0.25, 0.3) is 0 Å². The van der Waals surface area contributed by atoms with Crippen LogP contribution in [-0.4, -0.2) is 56.6 Å². The summed E-state index contributed by atoms with van der Waals surface area (Å²) in [5, 5.41) is 11.6. The van der Waals surface area contributed by atoms with Crippen LogP contribution in [0.5, 0.6) is 0 Å². The lowest BCUT2D eigenvalue weighted by Gasteiger charge is -2.48. The predicted octanol–water partition coefficient (Wildman–Crippen LogP) is 4.36. The second-order valence-corrected chi connectivity index (χ2v) is 10.3. The Labute approximate surface area is 203 Å². The van der Waals surface area contributed by atoms with Gasteiger partial charge in [0.25, 0.3) is 5.60 Å². The van der Waals surface area contributed by atoms with Crippen LogP contribution in [-0.2, 0) is 29.3 Å². The molecular weight excluding hydrogens is 465 g/mol. The molecule has 35 heavy (non-hydrogen) atoms. The Morgan fingerprint density at radius 1 is 1.20 bits per heavy atom. The molecule has 0 bridgehead atoms. The molecule has 3 aliphatic rings. The first kappa shape index (κ1) is 26.1. The van der Waals surface area contributed by atoms with Crippen LogP contribution in [0.15, 0.2) is 42.5 Å². The molecule has 2 aliphatic carbocycles. The summed E-state index contributed by atoms with van der Waals surface area (Å²) < 4.78 is 64.6. The average Bonchev–Trinajstić information content (AvgIpc) is 3.24. The Hall–Kier alpha value is -1.94. The Morgan fingerprint density at radius 2 is 1.86 bits per heavy atom. The summed E-state index contributed by atoms with van der Waals surface area (Å²) in [7, 11) is 2.37. The molecule has 0 amide bonds. The molecule has 1 saturated heterocycles. The summed E-state index contributed by atoms with van der Waals surface area (Å²) >= 11 is 0. The van der Waals surface area contributed by atoms with Crippen molar-refractivity contribution in [2.24, 2.45) is 22.7 Å². The first-order valence-electron chi connectivity index (χ1n) is 11.8. The van der Waals surface area contributed by atoms with Gasteiger partial charge < -0.3 is 24.1 Å².